The number of hydrogen-bond acceptors (Lipinski definition) is 2. The minimum atomic E-state index is -0.426. The molecule has 0 heterocycles. The van der Waals surface area contributed by atoms with Gasteiger partial charge in [0.25, 0.3) is 0 Å². The summed E-state index contributed by atoms with van der Waals surface area (Å²) in [4.78, 5) is 11.8. The molecule has 0 aromatic heterocycles. The Morgan fingerprint density at radius 2 is 1.73 bits per heavy atom. The molecule has 0 spiro atoms. The van der Waals surface area contributed by atoms with Crippen LogP contribution in [-0.4, -0.2) is 5.97 Å². The highest BCUT2D eigenvalue weighted by molar-refractivity contribution is 5.87. The molecule has 0 aliphatic rings. The summed E-state index contributed by atoms with van der Waals surface area (Å²) in [7, 11) is 0. The van der Waals surface area contributed by atoms with E-state index in [1.807, 2.05) is 73.7 Å². The summed E-state index contributed by atoms with van der Waals surface area (Å²) < 4.78 is 5.53. The molecule has 0 saturated carbocycles. The van der Waals surface area contributed by atoms with E-state index in [0.29, 0.717) is 5.57 Å². The zero-order valence-electron chi connectivity index (χ0n) is 13.0. The fourth-order valence-corrected chi connectivity index (χ4v) is 1.95. The molecule has 0 aliphatic carbocycles. The van der Waals surface area contributed by atoms with Gasteiger partial charge in [0, 0.05) is 5.57 Å². The number of carbonyl (C=O) groups is 1. The van der Waals surface area contributed by atoms with Crippen molar-refractivity contribution in [3.63, 3.8) is 0 Å². The Bertz CT molecular complexity index is 667. The first-order valence-electron chi connectivity index (χ1n) is 7.22. The molecule has 0 saturated heterocycles. The summed E-state index contributed by atoms with van der Waals surface area (Å²) in [5.74, 6) is -0.386. The topological polar surface area (TPSA) is 26.3 Å². The van der Waals surface area contributed by atoms with Crippen LogP contribution >= 0.6 is 0 Å². The van der Waals surface area contributed by atoms with E-state index in [0.717, 1.165) is 11.1 Å². The van der Waals surface area contributed by atoms with Gasteiger partial charge in [0.1, 0.15) is 6.10 Å². The van der Waals surface area contributed by atoms with Crippen molar-refractivity contribution in [3.8, 4) is 0 Å². The van der Waals surface area contributed by atoms with Crippen LogP contribution in [0.15, 0.2) is 72.8 Å². The molecule has 2 heteroatoms. The molecule has 2 rings (SSSR count). The average molecular weight is 292 g/mol. The van der Waals surface area contributed by atoms with Crippen LogP contribution in [0.4, 0.5) is 0 Å². The number of benzene rings is 2. The first kappa shape index (κ1) is 15.8. The van der Waals surface area contributed by atoms with E-state index in [9.17, 15) is 4.79 Å². The summed E-state index contributed by atoms with van der Waals surface area (Å²) in [5, 5.41) is 0. The van der Waals surface area contributed by atoms with Gasteiger partial charge in [0.15, 0.2) is 0 Å². The first-order chi connectivity index (χ1) is 10.6. The monoisotopic (exact) mass is 292 g/mol. The Morgan fingerprint density at radius 1 is 1.09 bits per heavy atom. The van der Waals surface area contributed by atoms with Gasteiger partial charge < -0.3 is 4.74 Å². The van der Waals surface area contributed by atoms with Crippen LogP contribution in [-0.2, 0) is 9.53 Å². The van der Waals surface area contributed by atoms with Gasteiger partial charge in [-0.2, -0.15) is 0 Å². The second-order valence-corrected chi connectivity index (χ2v) is 5.29. The summed E-state index contributed by atoms with van der Waals surface area (Å²) in [6, 6.07) is 17.9. The van der Waals surface area contributed by atoms with Crippen molar-refractivity contribution in [1.29, 1.82) is 0 Å². The maximum Gasteiger partial charge on any atom is 0.334 e. The van der Waals surface area contributed by atoms with Gasteiger partial charge in [-0.15, -0.1) is 0 Å². The lowest BCUT2D eigenvalue weighted by Crippen LogP contribution is -2.10. The fraction of sp³-hybridized carbons (Fsp3) is 0.150. The van der Waals surface area contributed by atoms with Crippen molar-refractivity contribution in [3.05, 3.63) is 89.5 Å². The number of ether oxygens (including phenoxy) is 1. The highest BCUT2D eigenvalue weighted by Crippen LogP contribution is 2.22. The summed E-state index contributed by atoms with van der Waals surface area (Å²) >= 11 is 0. The molecule has 1 atom stereocenters. The van der Waals surface area contributed by atoms with Gasteiger partial charge in [-0.3, -0.25) is 0 Å². The number of carbonyl (C=O) groups excluding carboxylic acids is 1. The average Bonchev–Trinajstić information content (AvgIpc) is 2.53. The summed E-state index contributed by atoms with van der Waals surface area (Å²) in [6.45, 7) is 7.31. The van der Waals surface area contributed by atoms with Gasteiger partial charge in [-0.05, 0) is 31.1 Å². The molecular formula is C20H20O2. The zero-order chi connectivity index (χ0) is 15.9. The van der Waals surface area contributed by atoms with Crippen LogP contribution < -0.4 is 0 Å². The van der Waals surface area contributed by atoms with Gasteiger partial charge in [-0.1, -0.05) is 72.8 Å². The Hall–Kier alpha value is -2.61. The smallest absolute Gasteiger partial charge is 0.334 e. The molecule has 22 heavy (non-hydrogen) atoms. The van der Waals surface area contributed by atoms with E-state index >= 15 is 0 Å². The first-order valence-corrected chi connectivity index (χ1v) is 7.22. The predicted octanol–water partition coefficient (Wildman–Crippen LogP) is 4.87. The normalized spacial score (nSPS) is 12.1. The van der Waals surface area contributed by atoms with E-state index in [1.54, 1.807) is 6.92 Å². The lowest BCUT2D eigenvalue weighted by molar-refractivity contribution is -0.142. The molecule has 1 unspecified atom stereocenters. The van der Waals surface area contributed by atoms with E-state index in [4.69, 9.17) is 4.74 Å². The van der Waals surface area contributed by atoms with Crippen LogP contribution in [0.1, 0.15) is 29.7 Å². The Kier molecular flexibility index (Phi) is 5.31. The standard InChI is InChI=1S/C20H20O2/c1-15(2)20(21)22-19(18-12-9-16(3)10-13-18)14-11-17-7-5-4-6-8-17/h4-14,19H,1H2,2-3H3. The van der Waals surface area contributed by atoms with E-state index in [1.165, 1.54) is 5.56 Å². The second-order valence-electron chi connectivity index (χ2n) is 5.29. The van der Waals surface area contributed by atoms with Gasteiger partial charge in [0.05, 0.1) is 0 Å². The molecular weight excluding hydrogens is 272 g/mol. The van der Waals surface area contributed by atoms with Crippen molar-refractivity contribution in [1.82, 2.24) is 0 Å². The lowest BCUT2D eigenvalue weighted by Gasteiger charge is -2.15. The summed E-state index contributed by atoms with van der Waals surface area (Å²) in [5.41, 5.74) is 3.56. The fourth-order valence-electron chi connectivity index (χ4n) is 1.95. The molecule has 2 aromatic rings. The summed E-state index contributed by atoms with van der Waals surface area (Å²) in [6.07, 6.45) is 3.42. The Labute approximate surface area is 131 Å². The van der Waals surface area contributed by atoms with Crippen LogP contribution in [0.5, 0.6) is 0 Å². The largest absolute Gasteiger partial charge is 0.450 e. The maximum absolute atomic E-state index is 11.8. The third-order valence-corrected chi connectivity index (χ3v) is 3.25. The minimum Gasteiger partial charge on any atom is -0.450 e. The Morgan fingerprint density at radius 3 is 2.32 bits per heavy atom. The quantitative estimate of drug-likeness (QED) is 0.580. The second kappa shape index (κ2) is 7.41. The molecule has 0 bridgehead atoms. The van der Waals surface area contributed by atoms with Crippen LogP contribution in [0, 0.1) is 6.92 Å². The highest BCUT2D eigenvalue weighted by atomic mass is 16.5. The molecule has 0 fully saturated rings. The van der Waals surface area contributed by atoms with Gasteiger partial charge >= 0.3 is 5.97 Å². The van der Waals surface area contributed by atoms with Crippen molar-refractivity contribution in [2.45, 2.75) is 20.0 Å². The van der Waals surface area contributed by atoms with E-state index in [2.05, 4.69) is 6.58 Å². The lowest BCUT2D eigenvalue weighted by atomic mass is 10.1. The van der Waals surface area contributed by atoms with Crippen LogP contribution in [0.3, 0.4) is 0 Å². The number of rotatable bonds is 5. The van der Waals surface area contributed by atoms with Crippen molar-refractivity contribution >= 4 is 12.0 Å². The molecule has 0 amide bonds. The van der Waals surface area contributed by atoms with Gasteiger partial charge in [-0.25, -0.2) is 4.79 Å². The molecule has 2 aromatic carbocycles. The predicted molar refractivity (Wildman–Crippen MR) is 90.3 cm³/mol. The van der Waals surface area contributed by atoms with Crippen molar-refractivity contribution in [2.75, 3.05) is 0 Å². The number of esters is 1. The zero-order valence-corrected chi connectivity index (χ0v) is 13.0. The SMILES string of the molecule is C=C(C)C(=O)OC(C=Cc1ccccc1)c1ccc(C)cc1. The molecule has 2 nitrogen and oxygen atoms in total. The van der Waals surface area contributed by atoms with Crippen molar-refractivity contribution in [2.24, 2.45) is 0 Å². The van der Waals surface area contributed by atoms with Crippen LogP contribution in [0.25, 0.3) is 6.08 Å². The number of aryl methyl sites for hydroxylation is 1. The third kappa shape index (κ3) is 4.45. The number of hydrogen-bond donors (Lipinski definition) is 0. The van der Waals surface area contributed by atoms with E-state index in [-0.39, 0.29) is 5.97 Å². The third-order valence-electron chi connectivity index (χ3n) is 3.25. The van der Waals surface area contributed by atoms with Gasteiger partial charge in [0.2, 0.25) is 0 Å². The molecule has 112 valence electrons. The molecule has 0 radical (unpaired) electrons. The van der Waals surface area contributed by atoms with Crippen LogP contribution in [0.2, 0.25) is 0 Å². The molecule has 0 N–H and O–H groups in total. The minimum absolute atomic E-state index is 0.386. The molecule has 0 aliphatic heterocycles. The van der Waals surface area contributed by atoms with Crippen molar-refractivity contribution < 1.29 is 9.53 Å². The van der Waals surface area contributed by atoms with E-state index < -0.39 is 6.10 Å². The Balaban J connectivity index is 2.25. The maximum atomic E-state index is 11.8. The highest BCUT2D eigenvalue weighted by Gasteiger charge is 2.14.